The fourth-order valence-corrected chi connectivity index (χ4v) is 1.66. The molecular formula is C14H14N4O2. The highest BCUT2D eigenvalue weighted by molar-refractivity contribution is 5.92. The van der Waals surface area contributed by atoms with E-state index >= 15 is 0 Å². The van der Waals surface area contributed by atoms with Gasteiger partial charge in [0.2, 0.25) is 0 Å². The summed E-state index contributed by atoms with van der Waals surface area (Å²) in [7, 11) is 0. The van der Waals surface area contributed by atoms with E-state index in [0.29, 0.717) is 24.3 Å². The van der Waals surface area contributed by atoms with Crippen LogP contribution in [0.5, 0.6) is 5.75 Å². The number of aryl methyl sites for hydroxylation is 1. The Morgan fingerprint density at radius 1 is 1.40 bits per heavy atom. The molecule has 2 rings (SSSR count). The minimum Gasteiger partial charge on any atom is -0.494 e. The Balaban J connectivity index is 1.75. The average molecular weight is 270 g/mol. The van der Waals surface area contributed by atoms with Crippen molar-refractivity contribution in [3.63, 3.8) is 0 Å². The second-order valence-corrected chi connectivity index (χ2v) is 4.19. The maximum atomic E-state index is 10.9. The summed E-state index contributed by atoms with van der Waals surface area (Å²) >= 11 is 0. The number of hydrogen-bond donors (Lipinski definition) is 1. The number of hydrogen-bond acceptors (Lipinski definition) is 4. The molecule has 0 atom stereocenters. The van der Waals surface area contributed by atoms with E-state index in [0.717, 1.165) is 12.2 Å². The summed E-state index contributed by atoms with van der Waals surface area (Å²) in [5, 5.41) is 12.7. The number of carbonyl (C=O) groups is 1. The minimum absolute atomic E-state index is 0.401. The third-order valence-electron chi connectivity index (χ3n) is 2.70. The smallest absolute Gasteiger partial charge is 0.251 e. The zero-order chi connectivity index (χ0) is 14.4. The quantitative estimate of drug-likeness (QED) is 0.801. The lowest BCUT2D eigenvalue weighted by molar-refractivity contribution is 0.1000. The first-order valence-electron chi connectivity index (χ1n) is 6.14. The Bertz CT molecular complexity index is 625. The largest absolute Gasteiger partial charge is 0.494 e. The summed E-state index contributed by atoms with van der Waals surface area (Å²) in [4.78, 5) is 10.9. The van der Waals surface area contributed by atoms with Crippen molar-refractivity contribution in [1.82, 2.24) is 9.78 Å². The number of aromatic nitrogens is 2. The second kappa shape index (κ2) is 6.38. The zero-order valence-electron chi connectivity index (χ0n) is 10.8. The van der Waals surface area contributed by atoms with Crippen LogP contribution in [-0.4, -0.2) is 22.3 Å². The van der Waals surface area contributed by atoms with Crippen LogP contribution < -0.4 is 10.5 Å². The summed E-state index contributed by atoms with van der Waals surface area (Å²) in [6.07, 6.45) is 3.81. The highest BCUT2D eigenvalue weighted by Crippen LogP contribution is 2.11. The van der Waals surface area contributed by atoms with Crippen molar-refractivity contribution in [3.8, 4) is 11.8 Å². The number of rotatable bonds is 6. The molecule has 1 aromatic heterocycles. The number of nitrogens with two attached hydrogens (primary N) is 1. The number of nitriles is 1. The van der Waals surface area contributed by atoms with Gasteiger partial charge in [-0.2, -0.15) is 10.4 Å². The molecule has 1 aromatic carbocycles. The minimum atomic E-state index is -0.481. The van der Waals surface area contributed by atoms with Gasteiger partial charge in [0, 0.05) is 19.2 Å². The van der Waals surface area contributed by atoms with E-state index in [9.17, 15) is 4.79 Å². The van der Waals surface area contributed by atoms with Crippen LogP contribution in [0, 0.1) is 11.3 Å². The number of amides is 1. The molecule has 20 heavy (non-hydrogen) atoms. The van der Waals surface area contributed by atoms with Gasteiger partial charge in [0.05, 0.1) is 30.0 Å². The van der Waals surface area contributed by atoms with Crippen molar-refractivity contribution in [3.05, 3.63) is 47.8 Å². The third-order valence-corrected chi connectivity index (χ3v) is 2.70. The monoisotopic (exact) mass is 270 g/mol. The van der Waals surface area contributed by atoms with Gasteiger partial charge < -0.3 is 10.5 Å². The van der Waals surface area contributed by atoms with E-state index in [4.69, 9.17) is 15.7 Å². The molecule has 6 nitrogen and oxygen atoms in total. The summed E-state index contributed by atoms with van der Waals surface area (Å²) < 4.78 is 7.19. The van der Waals surface area contributed by atoms with Crippen molar-refractivity contribution in [2.45, 2.75) is 13.0 Å². The Hall–Kier alpha value is -2.81. The number of primary amides is 1. The fraction of sp³-hybridized carbons (Fsp3) is 0.214. The number of carbonyl (C=O) groups excluding carboxylic acids is 1. The van der Waals surface area contributed by atoms with Gasteiger partial charge in [0.15, 0.2) is 0 Å². The van der Waals surface area contributed by atoms with Crippen molar-refractivity contribution < 1.29 is 9.53 Å². The molecular weight excluding hydrogens is 256 g/mol. The lowest BCUT2D eigenvalue weighted by Gasteiger charge is -2.06. The normalized spacial score (nSPS) is 9.95. The lowest BCUT2D eigenvalue weighted by atomic mass is 10.2. The van der Waals surface area contributed by atoms with Crippen LogP contribution in [0.1, 0.15) is 22.3 Å². The predicted octanol–water partition coefficient (Wildman–Crippen LogP) is 1.32. The van der Waals surface area contributed by atoms with Crippen molar-refractivity contribution in [2.24, 2.45) is 5.73 Å². The van der Waals surface area contributed by atoms with Crippen LogP contribution in [0.15, 0.2) is 36.7 Å². The SMILES string of the molecule is N#Cc1ccc(OCCCn2cc(C(N)=O)cn2)cc1. The van der Waals surface area contributed by atoms with E-state index in [1.807, 2.05) is 6.07 Å². The van der Waals surface area contributed by atoms with Crippen LogP contribution in [0.3, 0.4) is 0 Å². The molecule has 0 aliphatic heterocycles. The molecule has 6 heteroatoms. The van der Waals surface area contributed by atoms with Crippen LogP contribution in [-0.2, 0) is 6.54 Å². The highest BCUT2D eigenvalue weighted by atomic mass is 16.5. The molecule has 0 fully saturated rings. The van der Waals surface area contributed by atoms with E-state index in [-0.39, 0.29) is 0 Å². The van der Waals surface area contributed by atoms with Gasteiger partial charge in [-0.1, -0.05) is 0 Å². The standard InChI is InChI=1S/C14H14N4O2/c15-8-11-2-4-13(5-3-11)20-7-1-6-18-10-12(9-17-18)14(16)19/h2-5,9-10H,1,6-7H2,(H2,16,19). The van der Waals surface area contributed by atoms with Gasteiger partial charge in [-0.05, 0) is 24.3 Å². The molecule has 102 valence electrons. The average Bonchev–Trinajstić information content (AvgIpc) is 2.93. The first-order chi connectivity index (χ1) is 9.69. The van der Waals surface area contributed by atoms with Gasteiger partial charge in [-0.15, -0.1) is 0 Å². The van der Waals surface area contributed by atoms with Gasteiger partial charge >= 0.3 is 0 Å². The third kappa shape index (κ3) is 3.59. The molecule has 0 spiro atoms. The summed E-state index contributed by atoms with van der Waals surface area (Å²) in [6, 6.07) is 8.99. The Morgan fingerprint density at radius 2 is 2.15 bits per heavy atom. The fourth-order valence-electron chi connectivity index (χ4n) is 1.66. The molecule has 0 aliphatic rings. The highest BCUT2D eigenvalue weighted by Gasteiger charge is 2.03. The van der Waals surface area contributed by atoms with E-state index in [1.54, 1.807) is 35.1 Å². The molecule has 2 aromatic rings. The first kappa shape index (κ1) is 13.6. The van der Waals surface area contributed by atoms with Crippen LogP contribution in [0.25, 0.3) is 0 Å². The van der Waals surface area contributed by atoms with Crippen LogP contribution in [0.4, 0.5) is 0 Å². The summed E-state index contributed by atoms with van der Waals surface area (Å²) in [6.45, 7) is 1.17. The molecule has 1 heterocycles. The van der Waals surface area contributed by atoms with E-state index in [2.05, 4.69) is 5.10 Å². The van der Waals surface area contributed by atoms with E-state index < -0.39 is 5.91 Å². The maximum absolute atomic E-state index is 10.9. The van der Waals surface area contributed by atoms with Gasteiger partial charge in [0.25, 0.3) is 5.91 Å². The molecule has 1 amide bonds. The molecule has 0 unspecified atom stereocenters. The predicted molar refractivity (Wildman–Crippen MR) is 72.0 cm³/mol. The van der Waals surface area contributed by atoms with Crippen LogP contribution >= 0.6 is 0 Å². The summed E-state index contributed by atoms with van der Waals surface area (Å²) in [5.41, 5.74) is 6.15. The van der Waals surface area contributed by atoms with Crippen molar-refractivity contribution in [1.29, 1.82) is 5.26 Å². The van der Waals surface area contributed by atoms with Crippen molar-refractivity contribution >= 4 is 5.91 Å². The first-order valence-corrected chi connectivity index (χ1v) is 6.14. The molecule has 0 aliphatic carbocycles. The van der Waals surface area contributed by atoms with E-state index in [1.165, 1.54) is 6.20 Å². The zero-order valence-corrected chi connectivity index (χ0v) is 10.8. The molecule has 0 radical (unpaired) electrons. The maximum Gasteiger partial charge on any atom is 0.251 e. The molecule has 0 saturated carbocycles. The van der Waals surface area contributed by atoms with Crippen LogP contribution in [0.2, 0.25) is 0 Å². The number of ether oxygens (including phenoxy) is 1. The van der Waals surface area contributed by atoms with Gasteiger partial charge in [-0.3, -0.25) is 9.48 Å². The Kier molecular flexibility index (Phi) is 4.35. The van der Waals surface area contributed by atoms with Crippen molar-refractivity contribution in [2.75, 3.05) is 6.61 Å². The topological polar surface area (TPSA) is 93.9 Å². The lowest BCUT2D eigenvalue weighted by Crippen LogP contribution is -2.10. The molecule has 0 saturated heterocycles. The Morgan fingerprint density at radius 3 is 2.75 bits per heavy atom. The number of nitrogens with zero attached hydrogens (tertiary/aromatic N) is 3. The van der Waals surface area contributed by atoms with Gasteiger partial charge in [0.1, 0.15) is 5.75 Å². The Labute approximate surface area is 116 Å². The second-order valence-electron chi connectivity index (χ2n) is 4.19. The van der Waals surface area contributed by atoms with Gasteiger partial charge in [-0.25, -0.2) is 0 Å². The summed E-state index contributed by atoms with van der Waals surface area (Å²) in [5.74, 6) is 0.243. The molecule has 2 N–H and O–H groups in total. The molecule has 0 bridgehead atoms. The number of benzene rings is 1.